The number of hydrogen-bond acceptors (Lipinski definition) is 2. The third kappa shape index (κ3) is 2.56. The van der Waals surface area contributed by atoms with Crippen LogP contribution in [0, 0.1) is 5.92 Å². The third-order valence-electron chi connectivity index (χ3n) is 4.15. The Morgan fingerprint density at radius 3 is 2.65 bits per heavy atom. The van der Waals surface area contributed by atoms with Crippen LogP contribution >= 0.6 is 0 Å². The minimum absolute atomic E-state index is 0.395. The minimum atomic E-state index is -0.624. The maximum Gasteiger partial charge on any atom is 0.120 e. The molecule has 2 unspecified atom stereocenters. The number of benzene rings is 2. The summed E-state index contributed by atoms with van der Waals surface area (Å²) in [4.78, 5) is 0. The van der Waals surface area contributed by atoms with E-state index in [-0.39, 0.29) is 0 Å². The SMILES string of the molecule is CCC1CC1(O)c1cccc(OCc2ccccc2)c1. The molecule has 104 valence electrons. The topological polar surface area (TPSA) is 29.5 Å². The monoisotopic (exact) mass is 268 g/mol. The molecule has 1 fully saturated rings. The molecule has 0 heterocycles. The van der Waals surface area contributed by atoms with E-state index in [2.05, 4.69) is 6.92 Å². The zero-order valence-corrected chi connectivity index (χ0v) is 11.8. The van der Waals surface area contributed by atoms with Gasteiger partial charge in [0.25, 0.3) is 0 Å². The van der Waals surface area contributed by atoms with E-state index >= 15 is 0 Å². The molecule has 0 saturated heterocycles. The molecule has 2 aromatic carbocycles. The Labute approximate surface area is 120 Å². The van der Waals surface area contributed by atoms with Crippen LogP contribution in [0.5, 0.6) is 5.75 Å². The van der Waals surface area contributed by atoms with Crippen molar-refractivity contribution in [1.82, 2.24) is 0 Å². The first-order chi connectivity index (χ1) is 9.72. The maximum atomic E-state index is 10.5. The van der Waals surface area contributed by atoms with Crippen LogP contribution in [0.15, 0.2) is 54.6 Å². The van der Waals surface area contributed by atoms with E-state index in [1.54, 1.807) is 0 Å². The lowest BCUT2D eigenvalue weighted by Crippen LogP contribution is -2.08. The van der Waals surface area contributed by atoms with E-state index in [0.29, 0.717) is 12.5 Å². The zero-order chi connectivity index (χ0) is 14.0. The summed E-state index contributed by atoms with van der Waals surface area (Å²) in [6.45, 7) is 2.68. The predicted octanol–water partition coefficient (Wildman–Crippen LogP) is 3.88. The van der Waals surface area contributed by atoms with Crippen molar-refractivity contribution < 1.29 is 9.84 Å². The molecule has 2 heteroatoms. The zero-order valence-electron chi connectivity index (χ0n) is 11.8. The van der Waals surface area contributed by atoms with E-state index in [0.717, 1.165) is 29.7 Å². The summed E-state index contributed by atoms with van der Waals surface area (Å²) in [5.41, 5.74) is 1.50. The summed E-state index contributed by atoms with van der Waals surface area (Å²) in [6, 6.07) is 18.0. The lowest BCUT2D eigenvalue weighted by Gasteiger charge is -2.13. The maximum absolute atomic E-state index is 10.5. The molecule has 1 N–H and O–H groups in total. The van der Waals surface area contributed by atoms with Gasteiger partial charge in [0.05, 0.1) is 5.60 Å². The first-order valence-electron chi connectivity index (χ1n) is 7.22. The fourth-order valence-electron chi connectivity index (χ4n) is 2.75. The van der Waals surface area contributed by atoms with Crippen LogP contribution in [0.25, 0.3) is 0 Å². The number of ether oxygens (including phenoxy) is 1. The van der Waals surface area contributed by atoms with Gasteiger partial charge in [0.15, 0.2) is 0 Å². The van der Waals surface area contributed by atoms with Crippen LogP contribution in [0.3, 0.4) is 0 Å². The van der Waals surface area contributed by atoms with Gasteiger partial charge in [0.1, 0.15) is 12.4 Å². The fourth-order valence-corrected chi connectivity index (χ4v) is 2.75. The van der Waals surface area contributed by atoms with E-state index in [1.807, 2.05) is 54.6 Å². The first-order valence-corrected chi connectivity index (χ1v) is 7.22. The third-order valence-corrected chi connectivity index (χ3v) is 4.15. The quantitative estimate of drug-likeness (QED) is 0.891. The van der Waals surface area contributed by atoms with Gasteiger partial charge in [-0.15, -0.1) is 0 Å². The second kappa shape index (κ2) is 5.29. The Morgan fingerprint density at radius 1 is 1.15 bits per heavy atom. The van der Waals surface area contributed by atoms with Crippen LogP contribution in [0.2, 0.25) is 0 Å². The summed E-state index contributed by atoms with van der Waals surface area (Å²) >= 11 is 0. The van der Waals surface area contributed by atoms with Crippen LogP contribution in [-0.4, -0.2) is 5.11 Å². The lowest BCUT2D eigenvalue weighted by molar-refractivity contribution is 0.130. The summed E-state index contributed by atoms with van der Waals surface area (Å²) in [7, 11) is 0. The molecule has 0 amide bonds. The van der Waals surface area contributed by atoms with Crippen LogP contribution in [0.4, 0.5) is 0 Å². The molecule has 2 atom stereocenters. The van der Waals surface area contributed by atoms with Crippen molar-refractivity contribution in [3.8, 4) is 5.75 Å². The average molecular weight is 268 g/mol. The molecule has 0 bridgehead atoms. The highest BCUT2D eigenvalue weighted by molar-refractivity contribution is 5.36. The van der Waals surface area contributed by atoms with Crippen LogP contribution in [-0.2, 0) is 12.2 Å². The lowest BCUT2D eigenvalue weighted by atomic mass is 10.0. The summed E-state index contributed by atoms with van der Waals surface area (Å²) in [5, 5.41) is 10.5. The fraction of sp³-hybridized carbons (Fsp3) is 0.333. The number of rotatable bonds is 5. The highest BCUT2D eigenvalue weighted by Crippen LogP contribution is 2.54. The van der Waals surface area contributed by atoms with Gasteiger partial charge >= 0.3 is 0 Å². The van der Waals surface area contributed by atoms with Gasteiger partial charge in [-0.3, -0.25) is 0 Å². The molecular weight excluding hydrogens is 248 g/mol. The van der Waals surface area contributed by atoms with Crippen LogP contribution in [0.1, 0.15) is 30.9 Å². The Kier molecular flexibility index (Phi) is 3.49. The van der Waals surface area contributed by atoms with Crippen LogP contribution < -0.4 is 4.74 Å². The predicted molar refractivity (Wildman–Crippen MR) is 79.5 cm³/mol. The highest BCUT2D eigenvalue weighted by Gasteiger charge is 2.52. The van der Waals surface area contributed by atoms with Crippen molar-refractivity contribution in [1.29, 1.82) is 0 Å². The van der Waals surface area contributed by atoms with Gasteiger partial charge in [0, 0.05) is 0 Å². The number of hydrogen-bond donors (Lipinski definition) is 1. The standard InChI is InChI=1S/C18H20O2/c1-2-15-12-18(15,19)16-9-6-10-17(11-16)20-13-14-7-4-3-5-8-14/h3-11,15,19H,2,12-13H2,1H3. The smallest absolute Gasteiger partial charge is 0.120 e. The van der Waals surface area contributed by atoms with E-state index in [1.165, 1.54) is 0 Å². The largest absolute Gasteiger partial charge is 0.489 e. The average Bonchev–Trinajstić information content (AvgIpc) is 3.19. The van der Waals surface area contributed by atoms with Gasteiger partial charge < -0.3 is 9.84 Å². The minimum Gasteiger partial charge on any atom is -0.489 e. The molecule has 0 spiro atoms. The second-order valence-electron chi connectivity index (χ2n) is 5.54. The molecule has 2 nitrogen and oxygen atoms in total. The number of aliphatic hydroxyl groups is 1. The normalized spacial score (nSPS) is 24.4. The Hall–Kier alpha value is -1.80. The first kappa shape index (κ1) is 13.2. The van der Waals surface area contributed by atoms with Crippen molar-refractivity contribution in [2.24, 2.45) is 5.92 Å². The molecule has 20 heavy (non-hydrogen) atoms. The summed E-state index contributed by atoms with van der Waals surface area (Å²) < 4.78 is 5.81. The van der Waals surface area contributed by atoms with Crippen molar-refractivity contribution in [2.45, 2.75) is 32.0 Å². The molecule has 1 aliphatic carbocycles. The van der Waals surface area contributed by atoms with Gasteiger partial charge in [0.2, 0.25) is 0 Å². The Balaban J connectivity index is 1.69. The van der Waals surface area contributed by atoms with Gasteiger partial charge in [-0.05, 0) is 35.6 Å². The van der Waals surface area contributed by atoms with Crippen molar-refractivity contribution in [3.05, 3.63) is 65.7 Å². The summed E-state index contributed by atoms with van der Waals surface area (Å²) in [6.07, 6.45) is 1.89. The molecule has 3 rings (SSSR count). The van der Waals surface area contributed by atoms with E-state index in [9.17, 15) is 5.11 Å². The molecular formula is C18H20O2. The molecule has 1 saturated carbocycles. The Bertz CT molecular complexity index is 579. The second-order valence-corrected chi connectivity index (χ2v) is 5.54. The molecule has 0 aliphatic heterocycles. The molecule has 1 aliphatic rings. The van der Waals surface area contributed by atoms with Crippen molar-refractivity contribution >= 4 is 0 Å². The van der Waals surface area contributed by atoms with E-state index < -0.39 is 5.60 Å². The Morgan fingerprint density at radius 2 is 1.95 bits per heavy atom. The van der Waals surface area contributed by atoms with Gasteiger partial charge in [-0.25, -0.2) is 0 Å². The molecule has 0 radical (unpaired) electrons. The van der Waals surface area contributed by atoms with Crippen molar-refractivity contribution in [3.63, 3.8) is 0 Å². The van der Waals surface area contributed by atoms with Crippen molar-refractivity contribution in [2.75, 3.05) is 0 Å². The summed E-state index contributed by atoms with van der Waals surface area (Å²) in [5.74, 6) is 1.22. The van der Waals surface area contributed by atoms with E-state index in [4.69, 9.17) is 4.74 Å². The van der Waals surface area contributed by atoms with Gasteiger partial charge in [-0.2, -0.15) is 0 Å². The highest BCUT2D eigenvalue weighted by atomic mass is 16.5. The molecule has 2 aromatic rings. The van der Waals surface area contributed by atoms with Gasteiger partial charge in [-0.1, -0.05) is 55.8 Å². The molecule has 0 aromatic heterocycles.